The second-order valence-corrected chi connectivity index (χ2v) is 7.05. The molecule has 0 saturated heterocycles. The van der Waals surface area contributed by atoms with E-state index in [9.17, 15) is 0 Å². The third-order valence-corrected chi connectivity index (χ3v) is 5.04. The summed E-state index contributed by atoms with van der Waals surface area (Å²) < 4.78 is 6.14. The molecule has 136 valence electrons. The van der Waals surface area contributed by atoms with E-state index < -0.39 is 0 Å². The van der Waals surface area contributed by atoms with Crippen molar-refractivity contribution in [3.8, 4) is 22.9 Å². The second kappa shape index (κ2) is 6.50. The zero-order chi connectivity index (χ0) is 19.1. The topological polar surface area (TPSA) is 42.2 Å². The van der Waals surface area contributed by atoms with Crippen LogP contribution in [0.5, 0.6) is 0 Å². The van der Waals surface area contributed by atoms with Crippen molar-refractivity contribution in [3.05, 3.63) is 78.9 Å². The van der Waals surface area contributed by atoms with Crippen LogP contribution in [0.25, 0.3) is 44.5 Å². The largest absolute Gasteiger partial charge is 0.416 e. The predicted molar refractivity (Wildman–Crippen MR) is 115 cm³/mol. The summed E-state index contributed by atoms with van der Waals surface area (Å²) in [6.45, 7) is 0. The van der Waals surface area contributed by atoms with E-state index in [0.29, 0.717) is 11.8 Å². The maximum absolute atomic E-state index is 6.14. The molecule has 28 heavy (non-hydrogen) atoms. The first-order valence-corrected chi connectivity index (χ1v) is 9.23. The van der Waals surface area contributed by atoms with Crippen LogP contribution in [0, 0.1) is 0 Å². The molecule has 0 N–H and O–H groups in total. The fraction of sp³-hybridized carbons (Fsp3) is 0.0833. The van der Waals surface area contributed by atoms with Crippen molar-refractivity contribution >= 4 is 27.2 Å². The molecule has 0 bridgehead atoms. The fourth-order valence-corrected chi connectivity index (χ4v) is 3.59. The Labute approximate surface area is 163 Å². The van der Waals surface area contributed by atoms with Crippen molar-refractivity contribution in [3.63, 3.8) is 0 Å². The lowest BCUT2D eigenvalue weighted by Crippen LogP contribution is -2.07. The Hall–Kier alpha value is -3.66. The smallest absolute Gasteiger partial charge is 0.249 e. The Bertz CT molecular complexity index is 1230. The lowest BCUT2D eigenvalue weighted by atomic mass is 9.97. The van der Waals surface area contributed by atoms with E-state index in [4.69, 9.17) is 4.42 Å². The van der Waals surface area contributed by atoms with E-state index in [1.807, 2.05) is 62.6 Å². The second-order valence-electron chi connectivity index (χ2n) is 7.05. The van der Waals surface area contributed by atoms with Gasteiger partial charge >= 0.3 is 0 Å². The maximum atomic E-state index is 6.14. The standard InChI is InChI=1S/C24H19N3O/c1-27(2)19-13-11-16(12-14-19)23-25-26-24(28-23)22-20-9-5-3-7-17(20)15-18-8-4-6-10-21(18)22/h3-15H,1-2H3. The molecule has 0 unspecified atom stereocenters. The molecule has 0 aliphatic heterocycles. The molecule has 1 aromatic heterocycles. The van der Waals surface area contributed by atoms with Crippen LogP contribution in [0.2, 0.25) is 0 Å². The summed E-state index contributed by atoms with van der Waals surface area (Å²) in [6, 6.07) is 26.9. The van der Waals surface area contributed by atoms with Crippen molar-refractivity contribution in [1.82, 2.24) is 10.2 Å². The van der Waals surface area contributed by atoms with E-state index in [-0.39, 0.29) is 0 Å². The van der Waals surface area contributed by atoms with Crippen LogP contribution in [0.3, 0.4) is 0 Å². The summed E-state index contributed by atoms with van der Waals surface area (Å²) >= 11 is 0. The van der Waals surface area contributed by atoms with Gasteiger partial charge in [0.1, 0.15) is 0 Å². The molecule has 4 heteroatoms. The highest BCUT2D eigenvalue weighted by Gasteiger charge is 2.16. The van der Waals surface area contributed by atoms with Crippen molar-refractivity contribution < 1.29 is 4.42 Å². The third kappa shape index (κ3) is 2.70. The molecule has 0 fully saturated rings. The predicted octanol–water partition coefficient (Wildman–Crippen LogP) is 5.78. The van der Waals surface area contributed by atoms with Crippen molar-refractivity contribution in [2.24, 2.45) is 0 Å². The highest BCUT2D eigenvalue weighted by atomic mass is 16.4. The van der Waals surface area contributed by atoms with Gasteiger partial charge in [-0.2, -0.15) is 0 Å². The molecule has 0 aliphatic rings. The Kier molecular flexibility index (Phi) is 3.83. The maximum Gasteiger partial charge on any atom is 0.249 e. The number of fused-ring (bicyclic) bond motifs is 2. The summed E-state index contributed by atoms with van der Waals surface area (Å²) in [5.74, 6) is 1.07. The van der Waals surface area contributed by atoms with Crippen molar-refractivity contribution in [2.45, 2.75) is 0 Å². The minimum Gasteiger partial charge on any atom is -0.416 e. The number of anilines is 1. The summed E-state index contributed by atoms with van der Waals surface area (Å²) in [4.78, 5) is 2.06. The van der Waals surface area contributed by atoms with Gasteiger partial charge in [0.15, 0.2) is 0 Å². The molecule has 0 radical (unpaired) electrons. The van der Waals surface area contributed by atoms with E-state index in [2.05, 4.69) is 45.4 Å². The molecule has 0 atom stereocenters. The summed E-state index contributed by atoms with van der Waals surface area (Å²) in [6.07, 6.45) is 0. The van der Waals surface area contributed by atoms with E-state index in [0.717, 1.165) is 38.4 Å². The molecular weight excluding hydrogens is 346 g/mol. The van der Waals surface area contributed by atoms with Gasteiger partial charge in [0.05, 0.1) is 5.56 Å². The Morgan fingerprint density at radius 2 is 1.25 bits per heavy atom. The average molecular weight is 365 g/mol. The Morgan fingerprint density at radius 3 is 1.86 bits per heavy atom. The van der Waals surface area contributed by atoms with Gasteiger partial charge in [0, 0.05) is 25.3 Å². The highest BCUT2D eigenvalue weighted by Crippen LogP contribution is 2.36. The van der Waals surface area contributed by atoms with E-state index in [1.54, 1.807) is 0 Å². The van der Waals surface area contributed by atoms with Crippen molar-refractivity contribution in [2.75, 3.05) is 19.0 Å². The quantitative estimate of drug-likeness (QED) is 0.380. The third-order valence-electron chi connectivity index (χ3n) is 5.04. The van der Waals surface area contributed by atoms with Crippen LogP contribution in [-0.2, 0) is 0 Å². The number of hydrogen-bond donors (Lipinski definition) is 0. The molecule has 5 aromatic rings. The van der Waals surface area contributed by atoms with Crippen LogP contribution in [0.15, 0.2) is 83.3 Å². The van der Waals surface area contributed by atoms with Crippen LogP contribution >= 0.6 is 0 Å². The van der Waals surface area contributed by atoms with Gasteiger partial charge < -0.3 is 9.32 Å². The molecular formula is C24H19N3O. The summed E-state index contributed by atoms with van der Waals surface area (Å²) in [7, 11) is 4.04. The molecule has 1 heterocycles. The monoisotopic (exact) mass is 365 g/mol. The first kappa shape index (κ1) is 16.5. The lowest BCUT2D eigenvalue weighted by Gasteiger charge is -2.11. The van der Waals surface area contributed by atoms with E-state index >= 15 is 0 Å². The molecule has 0 amide bonds. The lowest BCUT2D eigenvalue weighted by molar-refractivity contribution is 0.586. The average Bonchev–Trinajstić information content (AvgIpc) is 3.21. The Balaban J connectivity index is 1.68. The number of nitrogens with zero attached hydrogens (tertiary/aromatic N) is 3. The molecule has 0 aliphatic carbocycles. The normalized spacial score (nSPS) is 11.2. The molecule has 0 spiro atoms. The first-order chi connectivity index (χ1) is 13.7. The molecule has 5 rings (SSSR count). The highest BCUT2D eigenvalue weighted by molar-refractivity contribution is 6.11. The van der Waals surface area contributed by atoms with Gasteiger partial charge in [-0.15, -0.1) is 10.2 Å². The SMILES string of the molecule is CN(C)c1ccc(-c2nnc(-c3c4ccccc4cc4ccccc34)o2)cc1. The number of benzene rings is 4. The Morgan fingerprint density at radius 1 is 0.679 bits per heavy atom. The molecule has 4 aromatic carbocycles. The van der Waals surface area contributed by atoms with Crippen LogP contribution in [-0.4, -0.2) is 24.3 Å². The zero-order valence-electron chi connectivity index (χ0n) is 15.8. The van der Waals surface area contributed by atoms with Gasteiger partial charge in [0.25, 0.3) is 0 Å². The summed E-state index contributed by atoms with van der Waals surface area (Å²) in [5, 5.41) is 13.3. The van der Waals surface area contributed by atoms with Crippen molar-refractivity contribution in [1.29, 1.82) is 0 Å². The number of rotatable bonds is 3. The van der Waals surface area contributed by atoms with E-state index in [1.165, 1.54) is 0 Å². The number of aromatic nitrogens is 2. The molecule has 4 nitrogen and oxygen atoms in total. The zero-order valence-corrected chi connectivity index (χ0v) is 15.8. The van der Waals surface area contributed by atoms with Crippen LogP contribution in [0.4, 0.5) is 5.69 Å². The summed E-state index contributed by atoms with van der Waals surface area (Å²) in [5.41, 5.74) is 3.02. The minimum absolute atomic E-state index is 0.525. The minimum atomic E-state index is 0.525. The van der Waals surface area contributed by atoms with Gasteiger partial charge in [-0.05, 0) is 51.9 Å². The van der Waals surface area contributed by atoms with Gasteiger partial charge in [0.2, 0.25) is 11.8 Å². The fourth-order valence-electron chi connectivity index (χ4n) is 3.59. The molecule has 0 saturated carbocycles. The number of hydrogen-bond acceptors (Lipinski definition) is 4. The van der Waals surface area contributed by atoms with Gasteiger partial charge in [-0.3, -0.25) is 0 Å². The van der Waals surface area contributed by atoms with Crippen LogP contribution in [0.1, 0.15) is 0 Å². The van der Waals surface area contributed by atoms with Gasteiger partial charge in [-0.1, -0.05) is 48.5 Å². The first-order valence-electron chi connectivity index (χ1n) is 9.23. The van der Waals surface area contributed by atoms with Gasteiger partial charge in [-0.25, -0.2) is 0 Å². The van der Waals surface area contributed by atoms with Crippen LogP contribution < -0.4 is 4.90 Å².